The van der Waals surface area contributed by atoms with Gasteiger partial charge in [-0.1, -0.05) is 12.1 Å². The molecular weight excluding hydrogens is 392 g/mol. The number of hydrogen-bond donors (Lipinski definition) is 1. The van der Waals surface area contributed by atoms with Gasteiger partial charge in [0.05, 0.1) is 5.54 Å². The molecule has 170 valence electrons. The zero-order chi connectivity index (χ0) is 22.6. The average Bonchev–Trinajstić information content (AvgIpc) is 3.56. The molecule has 2 aliphatic carbocycles. The number of aryl methyl sites for hydroxylation is 1. The summed E-state index contributed by atoms with van der Waals surface area (Å²) in [5, 5.41) is 3.16. The molecule has 4 rings (SSSR count). The molecule has 2 amide bonds. The van der Waals surface area contributed by atoms with Gasteiger partial charge in [0.25, 0.3) is 0 Å². The van der Waals surface area contributed by atoms with Crippen LogP contribution in [0.25, 0.3) is 0 Å². The lowest BCUT2D eigenvalue weighted by Crippen LogP contribution is -2.49. The van der Waals surface area contributed by atoms with Crippen molar-refractivity contribution in [1.29, 1.82) is 0 Å². The summed E-state index contributed by atoms with van der Waals surface area (Å²) in [4.78, 5) is 26.8. The minimum absolute atomic E-state index is 0.0162. The Morgan fingerprint density at radius 2 is 1.74 bits per heavy atom. The first-order chi connectivity index (χ1) is 14.4. The second kappa shape index (κ2) is 7.72. The molecule has 31 heavy (non-hydrogen) atoms. The highest BCUT2D eigenvalue weighted by atomic mass is 16.6. The first-order valence-electron chi connectivity index (χ1n) is 11.5. The lowest BCUT2D eigenvalue weighted by molar-refractivity contribution is -0.125. The third-order valence-electron chi connectivity index (χ3n) is 6.45. The normalized spacial score (nSPS) is 25.1. The minimum Gasteiger partial charge on any atom is -0.491 e. The largest absolute Gasteiger partial charge is 0.491 e. The molecule has 0 radical (unpaired) electrons. The number of piperidine rings is 1. The molecule has 6 nitrogen and oxygen atoms in total. The van der Waals surface area contributed by atoms with Crippen molar-refractivity contribution < 1.29 is 19.1 Å². The van der Waals surface area contributed by atoms with E-state index in [0.29, 0.717) is 19.7 Å². The zero-order valence-corrected chi connectivity index (χ0v) is 19.7. The Morgan fingerprint density at radius 3 is 2.29 bits per heavy atom. The predicted octanol–water partition coefficient (Wildman–Crippen LogP) is 4.26. The van der Waals surface area contributed by atoms with Crippen LogP contribution in [0.2, 0.25) is 0 Å². The molecule has 2 saturated carbocycles. The molecule has 0 bridgehead atoms. The Labute approximate surface area is 185 Å². The minimum atomic E-state index is -0.499. The fourth-order valence-corrected chi connectivity index (χ4v) is 4.61. The van der Waals surface area contributed by atoms with Crippen molar-refractivity contribution in [3.05, 3.63) is 29.3 Å². The summed E-state index contributed by atoms with van der Waals surface area (Å²) < 4.78 is 11.5. The smallest absolute Gasteiger partial charge is 0.410 e. The van der Waals surface area contributed by atoms with E-state index >= 15 is 0 Å². The third kappa shape index (κ3) is 5.16. The molecule has 3 aliphatic rings. The molecule has 1 aromatic rings. The molecular formula is C25H36N2O4. The van der Waals surface area contributed by atoms with Gasteiger partial charge in [-0.2, -0.15) is 0 Å². The van der Waals surface area contributed by atoms with E-state index in [-0.39, 0.29) is 29.8 Å². The molecule has 6 heteroatoms. The maximum Gasteiger partial charge on any atom is 0.410 e. The van der Waals surface area contributed by atoms with E-state index in [2.05, 4.69) is 30.4 Å². The van der Waals surface area contributed by atoms with Crippen LogP contribution in [0, 0.1) is 24.7 Å². The van der Waals surface area contributed by atoms with Gasteiger partial charge in [0.15, 0.2) is 0 Å². The van der Waals surface area contributed by atoms with Crippen molar-refractivity contribution in [2.75, 3.05) is 19.7 Å². The number of carbonyl (C=O) groups is 2. The van der Waals surface area contributed by atoms with Crippen molar-refractivity contribution >= 4 is 12.0 Å². The number of nitrogens with zero attached hydrogens (tertiary/aromatic N) is 1. The molecule has 3 fully saturated rings. The summed E-state index contributed by atoms with van der Waals surface area (Å²) in [5.74, 6) is 2.13. The quantitative estimate of drug-likeness (QED) is 0.735. The van der Waals surface area contributed by atoms with Crippen LogP contribution in [0.3, 0.4) is 0 Å². The summed E-state index contributed by atoms with van der Waals surface area (Å²) in [7, 11) is 0. The van der Waals surface area contributed by atoms with Gasteiger partial charge in [0.1, 0.15) is 18.0 Å². The van der Waals surface area contributed by atoms with Crippen LogP contribution < -0.4 is 10.1 Å². The van der Waals surface area contributed by atoms with Crippen molar-refractivity contribution in [3.8, 4) is 5.75 Å². The van der Waals surface area contributed by atoms with Crippen LogP contribution in [-0.2, 0) is 9.53 Å². The second-order valence-electron chi connectivity index (χ2n) is 11.2. The topological polar surface area (TPSA) is 67.9 Å². The maximum atomic E-state index is 12.8. The van der Waals surface area contributed by atoms with Crippen molar-refractivity contribution in [3.63, 3.8) is 0 Å². The Morgan fingerprint density at radius 1 is 1.10 bits per heavy atom. The summed E-state index contributed by atoms with van der Waals surface area (Å²) in [6.45, 7) is 13.3. The van der Waals surface area contributed by atoms with Gasteiger partial charge >= 0.3 is 6.09 Å². The van der Waals surface area contributed by atoms with Gasteiger partial charge < -0.3 is 19.7 Å². The van der Waals surface area contributed by atoms with E-state index in [9.17, 15) is 9.59 Å². The number of fused-ring (bicyclic) bond motifs is 1. The Balaban J connectivity index is 1.24. The Bertz CT molecular complexity index is 857. The summed E-state index contributed by atoms with van der Waals surface area (Å²) in [6.07, 6.45) is 2.30. The number of amides is 2. The third-order valence-corrected chi connectivity index (χ3v) is 6.45. The van der Waals surface area contributed by atoms with E-state index in [1.54, 1.807) is 4.90 Å². The Hall–Kier alpha value is -2.24. The monoisotopic (exact) mass is 428 g/mol. The number of benzene rings is 1. The van der Waals surface area contributed by atoms with E-state index < -0.39 is 11.1 Å². The lowest BCUT2D eigenvalue weighted by atomic mass is 10.1. The molecule has 1 aliphatic heterocycles. The first kappa shape index (κ1) is 22.0. The average molecular weight is 429 g/mol. The highest BCUT2D eigenvalue weighted by Gasteiger charge is 2.61. The van der Waals surface area contributed by atoms with Crippen LogP contribution in [0.1, 0.15) is 64.5 Å². The molecule has 0 spiro atoms. The number of carbonyl (C=O) groups excluding carboxylic acids is 2. The van der Waals surface area contributed by atoms with Gasteiger partial charge in [0.2, 0.25) is 5.91 Å². The Kier molecular flexibility index (Phi) is 5.47. The first-order valence-corrected chi connectivity index (χ1v) is 11.5. The highest BCUT2D eigenvalue weighted by Crippen LogP contribution is 2.52. The highest BCUT2D eigenvalue weighted by molar-refractivity contribution is 5.84. The second-order valence-corrected chi connectivity index (χ2v) is 11.2. The summed E-state index contributed by atoms with van der Waals surface area (Å²) in [6, 6.07) is 6.44. The van der Waals surface area contributed by atoms with Gasteiger partial charge in [-0.15, -0.1) is 0 Å². The van der Waals surface area contributed by atoms with Crippen molar-refractivity contribution in [2.45, 2.75) is 71.4 Å². The lowest BCUT2D eigenvalue weighted by Gasteiger charge is -2.28. The van der Waals surface area contributed by atoms with E-state index in [0.717, 1.165) is 17.2 Å². The van der Waals surface area contributed by atoms with E-state index in [1.807, 2.05) is 34.6 Å². The standard InChI is InChI=1S/C25H36N2O4/c1-15-11-17(16-7-8-16)9-10-20(15)30-14-25(5,6)26-22(28)21-18-12-27(13-19(18)21)23(29)31-24(2,3)4/h9-11,16,18-19,21H,7-8,12-14H2,1-6H3,(H,26,28)/t18-,19+,21?. The molecule has 1 heterocycles. The van der Waals surface area contributed by atoms with Crippen molar-refractivity contribution in [2.24, 2.45) is 17.8 Å². The number of ether oxygens (including phenoxy) is 2. The van der Waals surface area contributed by atoms with Gasteiger partial charge in [-0.25, -0.2) is 4.79 Å². The van der Waals surface area contributed by atoms with Crippen molar-refractivity contribution in [1.82, 2.24) is 10.2 Å². The fourth-order valence-electron chi connectivity index (χ4n) is 4.61. The van der Waals surface area contributed by atoms with Crippen LogP contribution in [0.15, 0.2) is 18.2 Å². The number of likely N-dealkylation sites (tertiary alicyclic amines) is 1. The summed E-state index contributed by atoms with van der Waals surface area (Å²) in [5.41, 5.74) is 1.57. The number of rotatable bonds is 6. The van der Waals surface area contributed by atoms with Crippen LogP contribution in [0.5, 0.6) is 5.75 Å². The van der Waals surface area contributed by atoms with Gasteiger partial charge in [-0.05, 0) is 89.3 Å². The molecule has 1 aromatic carbocycles. The molecule has 3 atom stereocenters. The SMILES string of the molecule is Cc1cc(C2CC2)ccc1OCC(C)(C)NC(=O)C1[C@H]2CN(C(=O)OC(C)(C)C)C[C@@H]12. The van der Waals surface area contributed by atoms with E-state index in [1.165, 1.54) is 18.4 Å². The van der Waals surface area contributed by atoms with E-state index in [4.69, 9.17) is 9.47 Å². The van der Waals surface area contributed by atoms with Gasteiger partial charge in [-0.3, -0.25) is 4.79 Å². The van der Waals surface area contributed by atoms with Crippen LogP contribution in [0.4, 0.5) is 4.79 Å². The van der Waals surface area contributed by atoms with Crippen LogP contribution >= 0.6 is 0 Å². The predicted molar refractivity (Wildman–Crippen MR) is 119 cm³/mol. The summed E-state index contributed by atoms with van der Waals surface area (Å²) >= 11 is 0. The van der Waals surface area contributed by atoms with Gasteiger partial charge in [0, 0.05) is 19.0 Å². The maximum absolute atomic E-state index is 12.8. The molecule has 1 saturated heterocycles. The fraction of sp³-hybridized carbons (Fsp3) is 0.680. The molecule has 0 aromatic heterocycles. The number of nitrogens with one attached hydrogen (secondary N) is 1. The zero-order valence-electron chi connectivity index (χ0n) is 19.7. The molecule has 1 unspecified atom stereocenters. The molecule has 1 N–H and O–H groups in total. The number of hydrogen-bond acceptors (Lipinski definition) is 4. The van der Waals surface area contributed by atoms with Crippen LogP contribution in [-0.4, -0.2) is 47.7 Å².